The summed E-state index contributed by atoms with van der Waals surface area (Å²) in [4.78, 5) is 30.6. The molecule has 0 aliphatic carbocycles. The molecule has 8 nitrogen and oxygen atoms in total. The Morgan fingerprint density at radius 3 is 3.00 bits per heavy atom. The minimum Gasteiger partial charge on any atom is -0.375 e. The van der Waals surface area contributed by atoms with Gasteiger partial charge in [-0.2, -0.15) is 0 Å². The number of nitrogens with zero attached hydrogens (tertiary/aromatic N) is 3. The Bertz CT molecular complexity index is 786. The lowest BCUT2D eigenvalue weighted by molar-refractivity contribution is -0.136. The van der Waals surface area contributed by atoms with Crippen LogP contribution in [0.3, 0.4) is 0 Å². The Kier molecular flexibility index (Phi) is 4.48. The normalized spacial score (nSPS) is 17.5. The first-order valence-corrected chi connectivity index (χ1v) is 7.84. The highest BCUT2D eigenvalue weighted by Gasteiger charge is 2.34. The van der Waals surface area contributed by atoms with E-state index < -0.39 is 0 Å². The van der Waals surface area contributed by atoms with Crippen LogP contribution in [0.4, 0.5) is 0 Å². The van der Waals surface area contributed by atoms with Crippen LogP contribution in [0.2, 0.25) is 0 Å². The molecule has 24 heavy (non-hydrogen) atoms. The number of methoxy groups -OCH3 is 1. The smallest absolute Gasteiger partial charge is 0.259 e. The summed E-state index contributed by atoms with van der Waals surface area (Å²) in [6.45, 7) is 2.44. The van der Waals surface area contributed by atoms with E-state index in [9.17, 15) is 9.59 Å². The number of aromatic nitrogens is 2. The van der Waals surface area contributed by atoms with E-state index in [2.05, 4.69) is 15.5 Å². The average molecular weight is 332 g/mol. The summed E-state index contributed by atoms with van der Waals surface area (Å²) in [5.41, 5.74) is 2.03. The summed E-state index contributed by atoms with van der Waals surface area (Å²) >= 11 is 0. The van der Waals surface area contributed by atoms with Crippen LogP contribution in [0.25, 0.3) is 11.1 Å². The first-order valence-electron chi connectivity index (χ1n) is 7.84. The van der Waals surface area contributed by atoms with Crippen molar-refractivity contribution in [3.8, 4) is 0 Å². The van der Waals surface area contributed by atoms with Gasteiger partial charge in [0.05, 0.1) is 17.0 Å². The minimum absolute atomic E-state index is 0.0198. The van der Waals surface area contributed by atoms with Gasteiger partial charge in [-0.3, -0.25) is 9.59 Å². The highest BCUT2D eigenvalue weighted by molar-refractivity contribution is 6.06. The largest absolute Gasteiger partial charge is 0.375 e. The topological polar surface area (TPSA) is 97.6 Å². The molecule has 0 radical (unpaired) electrons. The van der Waals surface area contributed by atoms with E-state index in [0.717, 1.165) is 12.8 Å². The predicted octanol–water partition coefficient (Wildman–Crippen LogP) is 1.20. The monoisotopic (exact) mass is 332 g/mol. The highest BCUT2D eigenvalue weighted by atomic mass is 16.5. The fraction of sp³-hybridized carbons (Fsp3) is 0.500. The number of hydrogen-bond acceptors (Lipinski definition) is 6. The number of rotatable bonds is 4. The van der Waals surface area contributed by atoms with Crippen LogP contribution in [0.1, 0.15) is 40.6 Å². The van der Waals surface area contributed by atoms with Crippen molar-refractivity contribution < 1.29 is 18.8 Å². The third-order valence-corrected chi connectivity index (χ3v) is 4.23. The first kappa shape index (κ1) is 16.4. The molecule has 1 aliphatic rings. The highest BCUT2D eigenvalue weighted by Crippen LogP contribution is 2.36. The van der Waals surface area contributed by atoms with E-state index in [0.29, 0.717) is 34.6 Å². The van der Waals surface area contributed by atoms with E-state index in [1.807, 2.05) is 0 Å². The van der Waals surface area contributed by atoms with Crippen LogP contribution >= 0.6 is 0 Å². The Morgan fingerprint density at radius 1 is 1.50 bits per heavy atom. The lowest BCUT2D eigenvalue weighted by Crippen LogP contribution is -2.33. The number of aryl methyl sites for hydroxylation is 1. The van der Waals surface area contributed by atoms with Crippen LogP contribution in [0, 0.1) is 6.92 Å². The maximum Gasteiger partial charge on any atom is 0.259 e. The van der Waals surface area contributed by atoms with Gasteiger partial charge in [0, 0.05) is 26.4 Å². The molecule has 1 aliphatic heterocycles. The molecule has 0 spiro atoms. The lowest BCUT2D eigenvalue weighted by atomic mass is 10.0. The van der Waals surface area contributed by atoms with Gasteiger partial charge in [0.1, 0.15) is 12.3 Å². The molecule has 1 atom stereocenters. The van der Waals surface area contributed by atoms with Gasteiger partial charge in [-0.05, 0) is 25.8 Å². The molecule has 3 rings (SSSR count). The molecule has 3 heterocycles. The van der Waals surface area contributed by atoms with Crippen LogP contribution in [-0.2, 0) is 9.53 Å². The fourth-order valence-electron chi connectivity index (χ4n) is 3.19. The van der Waals surface area contributed by atoms with Gasteiger partial charge in [-0.15, -0.1) is 0 Å². The predicted molar refractivity (Wildman–Crippen MR) is 85.5 cm³/mol. The number of amides is 2. The summed E-state index contributed by atoms with van der Waals surface area (Å²) in [7, 11) is 3.06. The zero-order chi connectivity index (χ0) is 17.3. The standard InChI is InChI=1S/C16H20N4O4/c1-9-7-10(15(22)17-2)13-14(19-24-16(13)18-9)11-5-4-6-20(11)12(21)8-23-3/h7,11H,4-6,8H2,1-3H3,(H,17,22). The van der Waals surface area contributed by atoms with Gasteiger partial charge in [0.25, 0.3) is 11.6 Å². The summed E-state index contributed by atoms with van der Waals surface area (Å²) in [6, 6.07) is 1.47. The summed E-state index contributed by atoms with van der Waals surface area (Å²) < 4.78 is 10.3. The van der Waals surface area contributed by atoms with E-state index in [-0.39, 0.29) is 24.5 Å². The summed E-state index contributed by atoms with van der Waals surface area (Å²) in [5.74, 6) is -0.333. The number of fused-ring (bicyclic) bond motifs is 1. The van der Waals surface area contributed by atoms with Gasteiger partial charge in [-0.25, -0.2) is 4.98 Å². The maximum atomic E-state index is 12.3. The Balaban J connectivity index is 2.09. The van der Waals surface area contributed by atoms with E-state index >= 15 is 0 Å². The van der Waals surface area contributed by atoms with Crippen molar-refractivity contribution in [2.45, 2.75) is 25.8 Å². The Labute approximate surface area is 139 Å². The molecule has 1 fully saturated rings. The first-order chi connectivity index (χ1) is 11.6. The van der Waals surface area contributed by atoms with Gasteiger partial charge in [0.2, 0.25) is 5.91 Å². The summed E-state index contributed by atoms with van der Waals surface area (Å²) in [6.07, 6.45) is 1.63. The molecule has 0 aromatic carbocycles. The zero-order valence-corrected chi connectivity index (χ0v) is 14.0. The lowest BCUT2D eigenvalue weighted by Gasteiger charge is -2.23. The van der Waals surface area contributed by atoms with Crippen LogP contribution < -0.4 is 5.32 Å². The molecule has 1 saturated heterocycles. The van der Waals surface area contributed by atoms with Gasteiger partial charge in [-0.1, -0.05) is 5.16 Å². The molecule has 1 unspecified atom stereocenters. The number of hydrogen-bond donors (Lipinski definition) is 1. The number of ether oxygens (including phenoxy) is 1. The van der Waals surface area contributed by atoms with Crippen LogP contribution in [-0.4, -0.2) is 54.2 Å². The van der Waals surface area contributed by atoms with Crippen molar-refractivity contribution in [2.24, 2.45) is 0 Å². The fourth-order valence-corrected chi connectivity index (χ4v) is 3.19. The molecule has 0 saturated carbocycles. The number of likely N-dealkylation sites (tertiary alicyclic amines) is 1. The molecular formula is C16H20N4O4. The summed E-state index contributed by atoms with van der Waals surface area (Å²) in [5, 5.41) is 7.33. The molecule has 128 valence electrons. The molecule has 8 heteroatoms. The van der Waals surface area contributed by atoms with Gasteiger partial charge >= 0.3 is 0 Å². The Morgan fingerprint density at radius 2 is 2.29 bits per heavy atom. The second-order valence-electron chi connectivity index (χ2n) is 5.82. The molecule has 2 aromatic heterocycles. The van der Waals surface area contributed by atoms with Crippen molar-refractivity contribution in [1.29, 1.82) is 0 Å². The van der Waals surface area contributed by atoms with E-state index in [4.69, 9.17) is 9.26 Å². The molecule has 2 aromatic rings. The molecule has 2 amide bonds. The van der Waals surface area contributed by atoms with Crippen molar-refractivity contribution in [3.05, 3.63) is 23.0 Å². The number of carbonyl (C=O) groups is 2. The van der Waals surface area contributed by atoms with Crippen molar-refractivity contribution in [2.75, 3.05) is 27.3 Å². The van der Waals surface area contributed by atoms with Crippen LogP contribution in [0.5, 0.6) is 0 Å². The number of carbonyl (C=O) groups excluding carboxylic acids is 2. The quantitative estimate of drug-likeness (QED) is 0.903. The average Bonchev–Trinajstić information content (AvgIpc) is 3.19. The molecular weight excluding hydrogens is 312 g/mol. The number of pyridine rings is 1. The van der Waals surface area contributed by atoms with E-state index in [1.54, 1.807) is 24.9 Å². The number of nitrogens with one attached hydrogen (secondary N) is 1. The second kappa shape index (κ2) is 6.56. The van der Waals surface area contributed by atoms with Gasteiger partial charge < -0.3 is 19.5 Å². The maximum absolute atomic E-state index is 12.3. The molecule has 0 bridgehead atoms. The van der Waals surface area contributed by atoms with Crippen LogP contribution in [0.15, 0.2) is 10.6 Å². The second-order valence-corrected chi connectivity index (χ2v) is 5.82. The third kappa shape index (κ3) is 2.73. The SMILES string of the molecule is CNC(=O)c1cc(C)nc2onc(C3CCCN3C(=O)COC)c12. The minimum atomic E-state index is -0.234. The van der Waals surface area contributed by atoms with Crippen molar-refractivity contribution >= 4 is 22.9 Å². The van der Waals surface area contributed by atoms with Crippen molar-refractivity contribution in [3.63, 3.8) is 0 Å². The third-order valence-electron chi connectivity index (χ3n) is 4.23. The van der Waals surface area contributed by atoms with Crippen molar-refractivity contribution in [1.82, 2.24) is 20.4 Å². The molecule has 1 N–H and O–H groups in total. The van der Waals surface area contributed by atoms with E-state index in [1.165, 1.54) is 7.11 Å². The van der Waals surface area contributed by atoms with Gasteiger partial charge in [0.15, 0.2) is 0 Å². The zero-order valence-electron chi connectivity index (χ0n) is 14.0. The Hall–Kier alpha value is -2.48.